The maximum atomic E-state index is 13.6. The molecule has 2 rings (SSSR count). The third-order valence-electron chi connectivity index (χ3n) is 4.17. The molecule has 0 spiro atoms. The number of halogens is 4. The molecule has 1 aromatic carbocycles. The second kappa shape index (κ2) is 8.72. The number of hydrogen-bond donors (Lipinski definition) is 0. The van der Waals surface area contributed by atoms with Gasteiger partial charge in [0, 0.05) is 36.3 Å². The summed E-state index contributed by atoms with van der Waals surface area (Å²) in [5.41, 5.74) is 1.51. The Morgan fingerprint density at radius 3 is 2.52 bits per heavy atom. The van der Waals surface area contributed by atoms with Gasteiger partial charge in [-0.25, -0.2) is 0 Å². The first kappa shape index (κ1) is 19.8. The first-order valence-corrected chi connectivity index (χ1v) is 8.90. The third kappa shape index (κ3) is 5.47. The number of rotatable bonds is 5. The quantitative estimate of drug-likeness (QED) is 0.611. The van der Waals surface area contributed by atoms with Gasteiger partial charge in [-0.3, -0.25) is 4.90 Å². The minimum atomic E-state index is -4.28. The average molecular weight is 415 g/mol. The lowest BCUT2D eigenvalue weighted by Crippen LogP contribution is -2.59. The van der Waals surface area contributed by atoms with Gasteiger partial charge in [-0.1, -0.05) is 46.8 Å². The Balaban J connectivity index is 2.17. The SMILES string of the molecule is C=C/C(=C\C=C/C)CN1CCN(c2ccc(Br)cc2)C(C(F)(F)F)C1. The van der Waals surface area contributed by atoms with Crippen LogP contribution in [0.25, 0.3) is 0 Å². The van der Waals surface area contributed by atoms with E-state index >= 15 is 0 Å². The van der Waals surface area contributed by atoms with Crippen molar-refractivity contribution in [2.75, 3.05) is 31.1 Å². The van der Waals surface area contributed by atoms with Crippen molar-refractivity contribution in [1.82, 2.24) is 4.90 Å². The van der Waals surface area contributed by atoms with Gasteiger partial charge in [0.1, 0.15) is 6.04 Å². The van der Waals surface area contributed by atoms with Crippen LogP contribution in [0, 0.1) is 0 Å². The van der Waals surface area contributed by atoms with Gasteiger partial charge in [0.15, 0.2) is 0 Å². The third-order valence-corrected chi connectivity index (χ3v) is 4.70. The standard InChI is InChI=1S/C19H22BrF3N2/c1-3-5-6-15(4-2)13-24-11-12-25(18(14-24)19(21,22)23)17-9-7-16(20)8-10-17/h3-10,18H,2,11-14H2,1H3/b5-3-,15-6+. The van der Waals surface area contributed by atoms with Crippen LogP contribution in [0.3, 0.4) is 0 Å². The molecule has 25 heavy (non-hydrogen) atoms. The Morgan fingerprint density at radius 2 is 1.96 bits per heavy atom. The number of benzene rings is 1. The molecule has 1 aromatic rings. The highest BCUT2D eigenvalue weighted by atomic mass is 79.9. The van der Waals surface area contributed by atoms with Gasteiger partial charge in [-0.05, 0) is 36.8 Å². The Kier molecular flexibility index (Phi) is 6.90. The van der Waals surface area contributed by atoms with E-state index in [1.165, 1.54) is 4.90 Å². The molecule has 2 nitrogen and oxygen atoms in total. The smallest absolute Gasteiger partial charge is 0.357 e. The van der Waals surface area contributed by atoms with Crippen LogP contribution in [0.2, 0.25) is 0 Å². The zero-order valence-electron chi connectivity index (χ0n) is 14.1. The van der Waals surface area contributed by atoms with Gasteiger partial charge in [-0.15, -0.1) is 0 Å². The molecule has 0 saturated carbocycles. The van der Waals surface area contributed by atoms with E-state index in [0.717, 1.165) is 10.0 Å². The van der Waals surface area contributed by atoms with Crippen molar-refractivity contribution in [2.45, 2.75) is 19.1 Å². The van der Waals surface area contributed by atoms with Crippen LogP contribution < -0.4 is 4.90 Å². The van der Waals surface area contributed by atoms with Gasteiger partial charge in [0.25, 0.3) is 0 Å². The molecule has 1 unspecified atom stereocenters. The topological polar surface area (TPSA) is 6.48 Å². The molecule has 1 aliphatic heterocycles. The molecule has 6 heteroatoms. The summed E-state index contributed by atoms with van der Waals surface area (Å²) in [4.78, 5) is 3.29. The van der Waals surface area contributed by atoms with E-state index in [4.69, 9.17) is 0 Å². The molecule has 0 radical (unpaired) electrons. The number of alkyl halides is 3. The van der Waals surface area contributed by atoms with E-state index in [0.29, 0.717) is 25.3 Å². The fraction of sp³-hybridized carbons (Fsp3) is 0.368. The summed E-state index contributed by atoms with van der Waals surface area (Å²) in [6.07, 6.45) is 3.05. The molecule has 0 aliphatic carbocycles. The highest BCUT2D eigenvalue weighted by Gasteiger charge is 2.46. The molecule has 136 valence electrons. The number of hydrogen-bond acceptors (Lipinski definition) is 2. The fourth-order valence-corrected chi connectivity index (χ4v) is 3.13. The minimum Gasteiger partial charge on any atom is -0.357 e. The molecule has 1 saturated heterocycles. The second-order valence-corrected chi connectivity index (χ2v) is 6.85. The van der Waals surface area contributed by atoms with Crippen molar-refractivity contribution in [3.63, 3.8) is 0 Å². The monoisotopic (exact) mass is 414 g/mol. The van der Waals surface area contributed by atoms with Gasteiger partial charge < -0.3 is 4.90 Å². The summed E-state index contributed by atoms with van der Waals surface area (Å²) in [6, 6.07) is 5.46. The van der Waals surface area contributed by atoms with Crippen molar-refractivity contribution >= 4 is 21.6 Å². The summed E-state index contributed by atoms with van der Waals surface area (Å²) in [5.74, 6) is 0. The van der Waals surface area contributed by atoms with Crippen LogP contribution in [-0.2, 0) is 0 Å². The Bertz CT molecular complexity index is 635. The van der Waals surface area contributed by atoms with Crippen LogP contribution in [-0.4, -0.2) is 43.3 Å². The van der Waals surface area contributed by atoms with E-state index in [9.17, 15) is 13.2 Å². The molecular weight excluding hydrogens is 393 g/mol. The van der Waals surface area contributed by atoms with E-state index in [1.54, 1.807) is 30.3 Å². The Hall–Kier alpha value is -1.53. The summed E-state index contributed by atoms with van der Waals surface area (Å²) >= 11 is 3.32. The van der Waals surface area contributed by atoms with Crippen LogP contribution in [0.1, 0.15) is 6.92 Å². The molecule has 1 atom stereocenters. The zero-order chi connectivity index (χ0) is 18.4. The van der Waals surface area contributed by atoms with E-state index in [-0.39, 0.29) is 6.54 Å². The number of piperazine rings is 1. The summed E-state index contributed by atoms with van der Waals surface area (Å²) in [7, 11) is 0. The molecule has 1 heterocycles. The lowest BCUT2D eigenvalue weighted by Gasteiger charge is -2.43. The second-order valence-electron chi connectivity index (χ2n) is 5.93. The average Bonchev–Trinajstić information content (AvgIpc) is 2.58. The van der Waals surface area contributed by atoms with Crippen LogP contribution in [0.15, 0.2) is 65.2 Å². The van der Waals surface area contributed by atoms with Gasteiger partial charge in [-0.2, -0.15) is 13.2 Å². The fourth-order valence-electron chi connectivity index (χ4n) is 2.87. The molecule has 0 N–H and O–H groups in total. The van der Waals surface area contributed by atoms with Crippen LogP contribution >= 0.6 is 15.9 Å². The van der Waals surface area contributed by atoms with Gasteiger partial charge in [0.05, 0.1) is 0 Å². The lowest BCUT2D eigenvalue weighted by molar-refractivity contribution is -0.156. The summed E-state index contributed by atoms with van der Waals surface area (Å²) < 4.78 is 41.7. The number of anilines is 1. The minimum absolute atomic E-state index is 0.0550. The van der Waals surface area contributed by atoms with E-state index < -0.39 is 12.2 Å². The highest BCUT2D eigenvalue weighted by Crippen LogP contribution is 2.32. The van der Waals surface area contributed by atoms with Crippen molar-refractivity contribution in [3.8, 4) is 0 Å². The van der Waals surface area contributed by atoms with E-state index in [2.05, 4.69) is 22.5 Å². The highest BCUT2D eigenvalue weighted by molar-refractivity contribution is 9.10. The molecular formula is C19H22BrF3N2. The van der Waals surface area contributed by atoms with Crippen molar-refractivity contribution in [1.29, 1.82) is 0 Å². The number of nitrogens with zero attached hydrogens (tertiary/aromatic N) is 2. The van der Waals surface area contributed by atoms with Gasteiger partial charge >= 0.3 is 6.18 Å². The molecule has 1 aliphatic rings. The largest absolute Gasteiger partial charge is 0.409 e. The lowest BCUT2D eigenvalue weighted by atomic mass is 10.1. The molecule has 0 bridgehead atoms. The maximum absolute atomic E-state index is 13.6. The first-order valence-electron chi connectivity index (χ1n) is 8.10. The molecule has 0 aromatic heterocycles. The van der Waals surface area contributed by atoms with E-state index in [1.807, 2.05) is 30.1 Å². The summed E-state index contributed by atoms with van der Waals surface area (Å²) in [5, 5.41) is 0. The van der Waals surface area contributed by atoms with Crippen molar-refractivity contribution < 1.29 is 13.2 Å². The van der Waals surface area contributed by atoms with Gasteiger partial charge in [0.2, 0.25) is 0 Å². The maximum Gasteiger partial charge on any atom is 0.409 e. The zero-order valence-corrected chi connectivity index (χ0v) is 15.7. The number of allylic oxidation sites excluding steroid dienone is 3. The Labute approximate surface area is 155 Å². The summed E-state index contributed by atoms with van der Waals surface area (Å²) in [6.45, 7) is 6.97. The van der Waals surface area contributed by atoms with Crippen molar-refractivity contribution in [3.05, 3.63) is 65.2 Å². The predicted molar refractivity (Wildman–Crippen MR) is 101 cm³/mol. The molecule has 1 fully saturated rings. The predicted octanol–water partition coefficient (Wildman–Crippen LogP) is 5.19. The first-order chi connectivity index (χ1) is 11.8. The van der Waals surface area contributed by atoms with Crippen LogP contribution in [0.5, 0.6) is 0 Å². The molecule has 0 amide bonds. The van der Waals surface area contributed by atoms with Crippen LogP contribution in [0.4, 0.5) is 18.9 Å². The normalized spacial score (nSPS) is 20.3. The Morgan fingerprint density at radius 1 is 1.28 bits per heavy atom. The van der Waals surface area contributed by atoms with Crippen molar-refractivity contribution in [2.24, 2.45) is 0 Å².